The number of hydrogen-bond acceptors (Lipinski definition) is 4. The molecule has 2 rings (SSSR count). The summed E-state index contributed by atoms with van der Waals surface area (Å²) >= 11 is 0. The molecule has 40 heavy (non-hydrogen) atoms. The molecule has 0 bridgehead atoms. The molecule has 7 nitrogen and oxygen atoms in total. The maximum absolute atomic E-state index is 14.3. The zero-order valence-corrected chi connectivity index (χ0v) is 25.7. The van der Waals surface area contributed by atoms with Gasteiger partial charge in [0.05, 0.1) is 0 Å². The molecule has 7 heteroatoms. The molecule has 2 N–H and O–H groups in total. The van der Waals surface area contributed by atoms with Crippen LogP contribution in [-0.4, -0.2) is 41.0 Å². The Labute approximate surface area is 241 Å². The van der Waals surface area contributed by atoms with Crippen molar-refractivity contribution in [3.05, 3.63) is 70.8 Å². The molecule has 0 fully saturated rings. The van der Waals surface area contributed by atoms with E-state index in [2.05, 4.69) is 17.6 Å². The highest BCUT2D eigenvalue weighted by Gasteiger charge is 2.37. The van der Waals surface area contributed by atoms with Gasteiger partial charge in [0.2, 0.25) is 11.8 Å². The van der Waals surface area contributed by atoms with Gasteiger partial charge in [-0.05, 0) is 63.6 Å². The Balaban J connectivity index is 2.50. The third-order valence-electron chi connectivity index (χ3n) is 6.73. The van der Waals surface area contributed by atoms with Gasteiger partial charge in [0.15, 0.2) is 0 Å². The van der Waals surface area contributed by atoms with Crippen LogP contribution < -0.4 is 10.6 Å². The number of carbonyl (C=O) groups is 3. The van der Waals surface area contributed by atoms with Crippen molar-refractivity contribution in [2.75, 3.05) is 6.54 Å². The Kier molecular flexibility index (Phi) is 12.7. The second-order valence-electron chi connectivity index (χ2n) is 11.9. The highest BCUT2D eigenvalue weighted by atomic mass is 16.6. The summed E-state index contributed by atoms with van der Waals surface area (Å²) in [4.78, 5) is 42.7. The van der Waals surface area contributed by atoms with Crippen molar-refractivity contribution in [1.29, 1.82) is 0 Å². The fourth-order valence-electron chi connectivity index (χ4n) is 4.67. The zero-order valence-electron chi connectivity index (χ0n) is 25.7. The SMILES string of the molecule is CCCCCCN(C(=O)C(NC(=O)OC(C)(C)C)C(C)C)C(C(=O)NCc1ccccc1)c1ccc(C)cc1C. The molecule has 0 saturated heterocycles. The van der Waals surface area contributed by atoms with E-state index in [-0.39, 0.29) is 17.7 Å². The van der Waals surface area contributed by atoms with Gasteiger partial charge in [-0.2, -0.15) is 0 Å². The van der Waals surface area contributed by atoms with Crippen LogP contribution in [0.5, 0.6) is 0 Å². The Morgan fingerprint density at radius 2 is 1.62 bits per heavy atom. The van der Waals surface area contributed by atoms with E-state index < -0.39 is 23.8 Å². The summed E-state index contributed by atoms with van der Waals surface area (Å²) in [6, 6.07) is 14.0. The summed E-state index contributed by atoms with van der Waals surface area (Å²) in [6.07, 6.45) is 3.14. The fraction of sp³-hybridized carbons (Fsp3) is 0.545. The van der Waals surface area contributed by atoms with Gasteiger partial charge < -0.3 is 20.3 Å². The Hall–Kier alpha value is -3.35. The van der Waals surface area contributed by atoms with Crippen LogP contribution in [0.2, 0.25) is 0 Å². The molecule has 3 amide bonds. The van der Waals surface area contributed by atoms with Gasteiger partial charge in [0.25, 0.3) is 0 Å². The molecule has 0 aromatic heterocycles. The summed E-state index contributed by atoms with van der Waals surface area (Å²) in [5, 5.41) is 5.87. The first-order valence-corrected chi connectivity index (χ1v) is 14.5. The smallest absolute Gasteiger partial charge is 0.408 e. The quantitative estimate of drug-likeness (QED) is 0.274. The highest BCUT2D eigenvalue weighted by Crippen LogP contribution is 2.28. The molecular weight excluding hydrogens is 502 g/mol. The molecule has 2 aromatic rings. The monoisotopic (exact) mass is 551 g/mol. The van der Waals surface area contributed by atoms with Crippen molar-refractivity contribution in [2.24, 2.45) is 5.92 Å². The van der Waals surface area contributed by atoms with E-state index in [0.29, 0.717) is 13.1 Å². The Bertz CT molecular complexity index is 1110. The average Bonchev–Trinajstić information content (AvgIpc) is 2.87. The molecule has 0 aliphatic heterocycles. The minimum atomic E-state index is -0.851. The standard InChI is InChI=1S/C33H49N3O4/c1-9-10-11-15-20-36(31(38)28(23(2)3)35-32(39)40-33(6,7)8)29(27-19-18-24(4)21-25(27)5)30(37)34-22-26-16-13-12-14-17-26/h12-14,16-19,21,23,28-29H,9-11,15,20,22H2,1-8H3,(H,34,37)(H,35,39). The van der Waals surface area contributed by atoms with Gasteiger partial charge in [0, 0.05) is 13.1 Å². The first kappa shape index (κ1) is 32.9. The molecule has 0 aliphatic carbocycles. The summed E-state index contributed by atoms with van der Waals surface area (Å²) in [5.41, 5.74) is 3.07. The zero-order chi connectivity index (χ0) is 29.9. The number of hydrogen-bond donors (Lipinski definition) is 2. The molecule has 0 saturated carbocycles. The predicted molar refractivity (Wildman–Crippen MR) is 161 cm³/mol. The predicted octanol–water partition coefficient (Wildman–Crippen LogP) is 6.62. The van der Waals surface area contributed by atoms with E-state index in [1.165, 1.54) is 0 Å². The minimum absolute atomic E-state index is 0.217. The first-order valence-electron chi connectivity index (χ1n) is 14.5. The largest absolute Gasteiger partial charge is 0.444 e. The third-order valence-corrected chi connectivity index (χ3v) is 6.73. The molecule has 0 radical (unpaired) electrons. The summed E-state index contributed by atoms with van der Waals surface area (Å²) < 4.78 is 5.47. The Morgan fingerprint density at radius 1 is 0.950 bits per heavy atom. The lowest BCUT2D eigenvalue weighted by Crippen LogP contribution is -2.55. The number of alkyl carbamates (subject to hydrolysis) is 1. The van der Waals surface area contributed by atoms with Crippen molar-refractivity contribution in [1.82, 2.24) is 15.5 Å². The van der Waals surface area contributed by atoms with Crippen molar-refractivity contribution < 1.29 is 19.1 Å². The first-order chi connectivity index (χ1) is 18.8. The van der Waals surface area contributed by atoms with E-state index in [0.717, 1.165) is 47.9 Å². The molecule has 2 atom stereocenters. The molecule has 2 unspecified atom stereocenters. The van der Waals surface area contributed by atoms with Crippen molar-refractivity contribution in [3.8, 4) is 0 Å². The lowest BCUT2D eigenvalue weighted by molar-refractivity contribution is -0.143. The molecule has 2 aromatic carbocycles. The number of amides is 3. The van der Waals surface area contributed by atoms with Gasteiger partial charge in [-0.25, -0.2) is 4.79 Å². The number of carbonyl (C=O) groups excluding carboxylic acids is 3. The minimum Gasteiger partial charge on any atom is -0.444 e. The normalized spacial score (nSPS) is 12.9. The van der Waals surface area contributed by atoms with Crippen molar-refractivity contribution in [3.63, 3.8) is 0 Å². The van der Waals surface area contributed by atoms with Crippen LogP contribution in [0.25, 0.3) is 0 Å². The molecule has 0 aliphatic rings. The number of nitrogens with one attached hydrogen (secondary N) is 2. The van der Waals surface area contributed by atoms with Gasteiger partial charge in [-0.3, -0.25) is 9.59 Å². The number of aryl methyl sites for hydroxylation is 2. The van der Waals surface area contributed by atoms with Crippen LogP contribution in [-0.2, 0) is 20.9 Å². The third kappa shape index (κ3) is 10.3. The van der Waals surface area contributed by atoms with Gasteiger partial charge >= 0.3 is 6.09 Å². The summed E-state index contributed by atoms with van der Waals surface area (Å²) in [5.74, 6) is -0.762. The number of unbranched alkanes of at least 4 members (excludes halogenated alkanes) is 3. The van der Waals surface area contributed by atoms with E-state index in [1.54, 1.807) is 25.7 Å². The van der Waals surface area contributed by atoms with E-state index in [4.69, 9.17) is 4.74 Å². The second kappa shape index (κ2) is 15.4. The van der Waals surface area contributed by atoms with E-state index >= 15 is 0 Å². The number of nitrogens with zero attached hydrogens (tertiary/aromatic N) is 1. The second-order valence-corrected chi connectivity index (χ2v) is 11.9. The van der Waals surface area contributed by atoms with Gasteiger partial charge in [0.1, 0.15) is 17.7 Å². The Morgan fingerprint density at radius 3 is 2.20 bits per heavy atom. The van der Waals surface area contributed by atoms with Crippen LogP contribution in [0.3, 0.4) is 0 Å². The molecule has 0 heterocycles. The van der Waals surface area contributed by atoms with Crippen LogP contribution >= 0.6 is 0 Å². The van der Waals surface area contributed by atoms with Crippen molar-refractivity contribution >= 4 is 17.9 Å². The van der Waals surface area contributed by atoms with E-state index in [1.807, 2.05) is 76.2 Å². The maximum Gasteiger partial charge on any atom is 0.408 e. The topological polar surface area (TPSA) is 87.7 Å². The number of rotatable bonds is 13. The highest BCUT2D eigenvalue weighted by molar-refractivity contribution is 5.92. The molecular formula is C33H49N3O4. The van der Waals surface area contributed by atoms with Crippen LogP contribution in [0, 0.1) is 19.8 Å². The average molecular weight is 552 g/mol. The lowest BCUT2D eigenvalue weighted by atomic mass is 9.94. The molecule has 220 valence electrons. The van der Waals surface area contributed by atoms with Crippen LogP contribution in [0.15, 0.2) is 48.5 Å². The number of ether oxygens (including phenoxy) is 1. The van der Waals surface area contributed by atoms with Crippen LogP contribution in [0.1, 0.15) is 95.5 Å². The fourth-order valence-corrected chi connectivity index (χ4v) is 4.67. The summed E-state index contributed by atoms with van der Waals surface area (Å²) in [6.45, 7) is 16.0. The van der Waals surface area contributed by atoms with Gasteiger partial charge in [-0.1, -0.05) is 94.1 Å². The van der Waals surface area contributed by atoms with Crippen molar-refractivity contribution in [2.45, 2.75) is 105 Å². The number of benzene rings is 2. The van der Waals surface area contributed by atoms with Gasteiger partial charge in [-0.15, -0.1) is 0 Å². The lowest BCUT2D eigenvalue weighted by Gasteiger charge is -2.36. The van der Waals surface area contributed by atoms with Crippen LogP contribution in [0.4, 0.5) is 4.79 Å². The summed E-state index contributed by atoms with van der Waals surface area (Å²) in [7, 11) is 0. The maximum atomic E-state index is 14.3. The molecule has 0 spiro atoms. The van der Waals surface area contributed by atoms with E-state index in [9.17, 15) is 14.4 Å².